The summed E-state index contributed by atoms with van der Waals surface area (Å²) in [6.07, 6.45) is 5.54. The van der Waals surface area contributed by atoms with Gasteiger partial charge in [-0.3, -0.25) is 4.98 Å². The van der Waals surface area contributed by atoms with Crippen molar-refractivity contribution in [1.82, 2.24) is 9.97 Å². The first-order chi connectivity index (χ1) is 8.28. The van der Waals surface area contributed by atoms with Gasteiger partial charge in [0.1, 0.15) is 10.8 Å². The third-order valence-corrected chi connectivity index (χ3v) is 3.02. The molecule has 0 atom stereocenters. The standard InChI is InChI=1S/C12H12FN3S/c13-10-5-9(1-2-14)6-11(7-10)17-12-8-15-3-4-16-12/h3-8H,1-2,14H2. The molecular formula is C12H12FN3S. The van der Waals surface area contributed by atoms with E-state index >= 15 is 0 Å². The Labute approximate surface area is 103 Å². The number of benzene rings is 1. The summed E-state index contributed by atoms with van der Waals surface area (Å²) in [6, 6.07) is 4.92. The van der Waals surface area contributed by atoms with Crippen LogP contribution in [0.2, 0.25) is 0 Å². The Kier molecular flexibility index (Phi) is 4.06. The number of hydrogen-bond acceptors (Lipinski definition) is 4. The van der Waals surface area contributed by atoms with Gasteiger partial charge in [-0.15, -0.1) is 0 Å². The van der Waals surface area contributed by atoms with E-state index in [-0.39, 0.29) is 5.82 Å². The van der Waals surface area contributed by atoms with Gasteiger partial charge in [0, 0.05) is 17.3 Å². The molecule has 0 fully saturated rings. The molecule has 0 spiro atoms. The molecule has 0 aliphatic heterocycles. The zero-order chi connectivity index (χ0) is 12.1. The summed E-state index contributed by atoms with van der Waals surface area (Å²) < 4.78 is 13.4. The first kappa shape index (κ1) is 12.0. The van der Waals surface area contributed by atoms with Gasteiger partial charge >= 0.3 is 0 Å². The molecule has 0 saturated heterocycles. The Morgan fingerprint density at radius 1 is 1.24 bits per heavy atom. The molecule has 0 amide bonds. The quantitative estimate of drug-likeness (QED) is 0.903. The first-order valence-electron chi connectivity index (χ1n) is 5.21. The highest BCUT2D eigenvalue weighted by Crippen LogP contribution is 2.26. The summed E-state index contributed by atoms with van der Waals surface area (Å²) in [4.78, 5) is 8.91. The smallest absolute Gasteiger partial charge is 0.124 e. The van der Waals surface area contributed by atoms with E-state index in [0.29, 0.717) is 13.0 Å². The van der Waals surface area contributed by atoms with E-state index in [1.54, 1.807) is 18.6 Å². The average Bonchev–Trinajstić information content (AvgIpc) is 2.30. The lowest BCUT2D eigenvalue weighted by atomic mass is 10.1. The van der Waals surface area contributed by atoms with Crippen LogP contribution in [0.15, 0.2) is 46.7 Å². The molecule has 3 nitrogen and oxygen atoms in total. The predicted octanol–water partition coefficient (Wildman–Crippen LogP) is 2.27. The van der Waals surface area contributed by atoms with Gasteiger partial charge in [-0.25, -0.2) is 9.37 Å². The van der Waals surface area contributed by atoms with Gasteiger partial charge in [-0.05, 0) is 36.7 Å². The Bertz CT molecular complexity index is 490. The fraction of sp³-hybridized carbons (Fsp3) is 0.167. The molecule has 0 saturated carbocycles. The van der Waals surface area contributed by atoms with E-state index in [1.165, 1.54) is 23.9 Å². The maximum atomic E-state index is 13.4. The van der Waals surface area contributed by atoms with Crippen molar-refractivity contribution >= 4 is 11.8 Å². The van der Waals surface area contributed by atoms with Crippen LogP contribution in [-0.4, -0.2) is 16.5 Å². The molecule has 0 aliphatic carbocycles. The second-order valence-electron chi connectivity index (χ2n) is 3.48. The second-order valence-corrected chi connectivity index (χ2v) is 4.57. The molecule has 0 bridgehead atoms. The van der Waals surface area contributed by atoms with Gasteiger partial charge in [0.15, 0.2) is 0 Å². The highest BCUT2D eigenvalue weighted by atomic mass is 32.2. The zero-order valence-electron chi connectivity index (χ0n) is 9.14. The van der Waals surface area contributed by atoms with Gasteiger partial charge in [-0.2, -0.15) is 0 Å². The van der Waals surface area contributed by atoms with Crippen LogP contribution in [0.25, 0.3) is 0 Å². The summed E-state index contributed by atoms with van der Waals surface area (Å²) >= 11 is 1.39. The van der Waals surface area contributed by atoms with Crippen molar-refractivity contribution in [2.75, 3.05) is 6.54 Å². The number of aromatic nitrogens is 2. The van der Waals surface area contributed by atoms with E-state index in [9.17, 15) is 4.39 Å². The van der Waals surface area contributed by atoms with Crippen LogP contribution in [0.5, 0.6) is 0 Å². The van der Waals surface area contributed by atoms with E-state index in [1.807, 2.05) is 6.07 Å². The summed E-state index contributed by atoms with van der Waals surface area (Å²) in [5.41, 5.74) is 6.36. The fourth-order valence-electron chi connectivity index (χ4n) is 1.45. The lowest BCUT2D eigenvalue weighted by Gasteiger charge is -2.04. The van der Waals surface area contributed by atoms with Crippen molar-refractivity contribution in [3.8, 4) is 0 Å². The minimum Gasteiger partial charge on any atom is -0.330 e. The lowest BCUT2D eigenvalue weighted by molar-refractivity contribution is 0.621. The van der Waals surface area contributed by atoms with Gasteiger partial charge < -0.3 is 5.73 Å². The molecule has 0 radical (unpaired) electrons. The molecule has 1 aromatic carbocycles. The van der Waals surface area contributed by atoms with Crippen LogP contribution in [0.3, 0.4) is 0 Å². The third kappa shape index (κ3) is 3.51. The van der Waals surface area contributed by atoms with Gasteiger partial charge in [0.2, 0.25) is 0 Å². The molecule has 0 aliphatic rings. The van der Waals surface area contributed by atoms with Gasteiger partial charge in [0.25, 0.3) is 0 Å². The Hall–Kier alpha value is -1.46. The van der Waals surface area contributed by atoms with Crippen molar-refractivity contribution < 1.29 is 4.39 Å². The highest BCUT2D eigenvalue weighted by molar-refractivity contribution is 7.99. The van der Waals surface area contributed by atoms with Crippen molar-refractivity contribution in [1.29, 1.82) is 0 Å². The minimum atomic E-state index is -0.248. The normalized spacial score (nSPS) is 10.5. The Morgan fingerprint density at radius 3 is 2.82 bits per heavy atom. The van der Waals surface area contributed by atoms with E-state index < -0.39 is 0 Å². The van der Waals surface area contributed by atoms with Crippen molar-refractivity contribution in [3.05, 3.63) is 48.2 Å². The number of nitrogens with zero attached hydrogens (tertiary/aromatic N) is 2. The largest absolute Gasteiger partial charge is 0.330 e. The van der Waals surface area contributed by atoms with Crippen molar-refractivity contribution in [3.63, 3.8) is 0 Å². The van der Waals surface area contributed by atoms with E-state index in [0.717, 1.165) is 15.5 Å². The number of halogens is 1. The van der Waals surface area contributed by atoms with Crippen LogP contribution in [0.4, 0.5) is 4.39 Å². The monoisotopic (exact) mass is 249 g/mol. The topological polar surface area (TPSA) is 51.8 Å². The van der Waals surface area contributed by atoms with Crippen molar-refractivity contribution in [2.24, 2.45) is 5.73 Å². The SMILES string of the molecule is NCCc1cc(F)cc(Sc2cnccn2)c1. The van der Waals surface area contributed by atoms with Crippen LogP contribution in [0.1, 0.15) is 5.56 Å². The maximum absolute atomic E-state index is 13.4. The molecule has 17 heavy (non-hydrogen) atoms. The molecule has 2 N–H and O–H groups in total. The molecule has 2 aromatic rings. The summed E-state index contributed by atoms with van der Waals surface area (Å²) in [5, 5.41) is 0.747. The molecule has 1 heterocycles. The lowest BCUT2D eigenvalue weighted by Crippen LogP contribution is -2.03. The van der Waals surface area contributed by atoms with Crippen LogP contribution < -0.4 is 5.73 Å². The Morgan fingerprint density at radius 2 is 2.12 bits per heavy atom. The molecule has 5 heteroatoms. The summed E-state index contributed by atoms with van der Waals surface area (Å²) in [6.45, 7) is 0.513. The number of hydrogen-bond donors (Lipinski definition) is 1. The summed E-state index contributed by atoms with van der Waals surface area (Å²) in [5.74, 6) is -0.248. The van der Waals surface area contributed by atoms with E-state index in [4.69, 9.17) is 5.73 Å². The molecule has 2 rings (SSSR count). The Balaban J connectivity index is 2.21. The van der Waals surface area contributed by atoms with Crippen LogP contribution >= 0.6 is 11.8 Å². The summed E-state index contributed by atoms with van der Waals surface area (Å²) in [7, 11) is 0. The zero-order valence-corrected chi connectivity index (χ0v) is 9.95. The van der Waals surface area contributed by atoms with Gasteiger partial charge in [-0.1, -0.05) is 11.8 Å². The molecule has 0 unspecified atom stereocenters. The van der Waals surface area contributed by atoms with E-state index in [2.05, 4.69) is 9.97 Å². The third-order valence-electron chi connectivity index (χ3n) is 2.13. The van der Waals surface area contributed by atoms with Crippen LogP contribution in [-0.2, 0) is 6.42 Å². The average molecular weight is 249 g/mol. The molecule has 88 valence electrons. The fourth-order valence-corrected chi connectivity index (χ4v) is 2.30. The number of nitrogens with two attached hydrogens (primary N) is 1. The number of rotatable bonds is 4. The van der Waals surface area contributed by atoms with Crippen molar-refractivity contribution in [2.45, 2.75) is 16.3 Å². The van der Waals surface area contributed by atoms with Crippen LogP contribution in [0, 0.1) is 5.82 Å². The van der Waals surface area contributed by atoms with Gasteiger partial charge in [0.05, 0.1) is 6.20 Å². The predicted molar refractivity (Wildman–Crippen MR) is 65.3 cm³/mol. The molecule has 1 aromatic heterocycles. The molecular weight excluding hydrogens is 237 g/mol. The second kappa shape index (κ2) is 5.75. The minimum absolute atomic E-state index is 0.248. The first-order valence-corrected chi connectivity index (χ1v) is 6.03. The highest BCUT2D eigenvalue weighted by Gasteiger charge is 2.03. The maximum Gasteiger partial charge on any atom is 0.124 e.